The largest absolute Gasteiger partial charge is 0.317 e. The summed E-state index contributed by atoms with van der Waals surface area (Å²) in [6.07, 6.45) is 4.04. The van der Waals surface area contributed by atoms with Crippen LogP contribution in [0.4, 0.5) is 5.13 Å². The molecule has 9 heteroatoms. The van der Waals surface area contributed by atoms with E-state index in [2.05, 4.69) is 20.3 Å². The lowest BCUT2D eigenvalue weighted by atomic mass is 9.97. The Morgan fingerprint density at radius 1 is 1.23 bits per heavy atom. The molecule has 0 saturated carbocycles. The van der Waals surface area contributed by atoms with Gasteiger partial charge in [-0.25, -0.2) is 18.1 Å². The van der Waals surface area contributed by atoms with Gasteiger partial charge in [-0.05, 0) is 44.0 Å². The zero-order chi connectivity index (χ0) is 18.4. The van der Waals surface area contributed by atoms with Gasteiger partial charge in [-0.15, -0.1) is 11.3 Å². The maximum absolute atomic E-state index is 12.1. The van der Waals surface area contributed by atoms with Crippen LogP contribution in [0.25, 0.3) is 0 Å². The van der Waals surface area contributed by atoms with Crippen molar-refractivity contribution in [2.45, 2.75) is 30.1 Å². The number of anilines is 1. The minimum atomic E-state index is -3.59. The van der Waals surface area contributed by atoms with Crippen LogP contribution in [0.3, 0.4) is 0 Å². The number of carbonyl (C=O) groups excluding carboxylic acids is 1. The van der Waals surface area contributed by atoms with Crippen LogP contribution in [-0.2, 0) is 14.8 Å². The van der Waals surface area contributed by atoms with E-state index >= 15 is 0 Å². The molecule has 2 aromatic rings. The lowest BCUT2D eigenvalue weighted by Gasteiger charge is -2.20. The summed E-state index contributed by atoms with van der Waals surface area (Å²) in [6, 6.07) is 8.09. The number of aromatic nitrogens is 1. The molecule has 1 saturated heterocycles. The van der Waals surface area contributed by atoms with E-state index in [0.717, 1.165) is 25.9 Å². The number of sulfonamides is 1. The van der Waals surface area contributed by atoms with E-state index in [4.69, 9.17) is 0 Å². The minimum Gasteiger partial charge on any atom is -0.317 e. The van der Waals surface area contributed by atoms with Gasteiger partial charge in [0.1, 0.15) is 0 Å². The first-order valence-electron chi connectivity index (χ1n) is 8.55. The second kappa shape index (κ2) is 8.72. The third-order valence-corrected chi connectivity index (χ3v) is 6.76. The SMILES string of the molecule is O=C(CCNS(=O)(=O)c1ccccc1)Nc1ncc(C2CCNCC2)s1. The van der Waals surface area contributed by atoms with Crippen LogP contribution in [0, 0.1) is 0 Å². The molecule has 1 fully saturated rings. The maximum Gasteiger partial charge on any atom is 0.240 e. The number of amides is 1. The van der Waals surface area contributed by atoms with E-state index in [1.54, 1.807) is 18.2 Å². The molecule has 1 amide bonds. The van der Waals surface area contributed by atoms with Crippen LogP contribution in [0.1, 0.15) is 30.1 Å². The van der Waals surface area contributed by atoms with Gasteiger partial charge < -0.3 is 10.6 Å². The van der Waals surface area contributed by atoms with Crippen molar-refractivity contribution in [3.8, 4) is 0 Å². The number of hydrogen-bond acceptors (Lipinski definition) is 6. The van der Waals surface area contributed by atoms with Crippen molar-refractivity contribution in [3.63, 3.8) is 0 Å². The van der Waals surface area contributed by atoms with Gasteiger partial charge in [0.2, 0.25) is 15.9 Å². The molecule has 0 bridgehead atoms. The summed E-state index contributed by atoms with van der Waals surface area (Å²) in [5.41, 5.74) is 0. The summed E-state index contributed by atoms with van der Waals surface area (Å²) in [4.78, 5) is 17.7. The summed E-state index contributed by atoms with van der Waals surface area (Å²) in [6.45, 7) is 2.05. The molecule has 140 valence electrons. The number of carbonyl (C=O) groups is 1. The molecule has 1 aliphatic rings. The Hall–Kier alpha value is -1.81. The van der Waals surface area contributed by atoms with Crippen LogP contribution < -0.4 is 15.4 Å². The first-order valence-corrected chi connectivity index (χ1v) is 10.9. The van der Waals surface area contributed by atoms with Crippen molar-refractivity contribution in [1.82, 2.24) is 15.0 Å². The average Bonchev–Trinajstić information content (AvgIpc) is 3.11. The molecule has 1 aromatic carbocycles. The molecule has 7 nitrogen and oxygen atoms in total. The lowest BCUT2D eigenvalue weighted by molar-refractivity contribution is -0.116. The number of nitrogens with zero attached hydrogens (tertiary/aromatic N) is 1. The lowest BCUT2D eigenvalue weighted by Crippen LogP contribution is -2.27. The molecule has 26 heavy (non-hydrogen) atoms. The third kappa shape index (κ3) is 5.10. The van der Waals surface area contributed by atoms with Gasteiger partial charge in [-0.1, -0.05) is 18.2 Å². The fourth-order valence-electron chi connectivity index (χ4n) is 2.80. The van der Waals surface area contributed by atoms with E-state index in [1.807, 2.05) is 6.20 Å². The Morgan fingerprint density at radius 2 is 1.96 bits per heavy atom. The van der Waals surface area contributed by atoms with E-state index < -0.39 is 10.0 Å². The quantitative estimate of drug-likeness (QED) is 0.666. The van der Waals surface area contributed by atoms with Gasteiger partial charge in [0, 0.05) is 24.0 Å². The molecule has 1 aliphatic heterocycles. The average molecular weight is 395 g/mol. The molecule has 0 spiro atoms. The number of piperidine rings is 1. The topological polar surface area (TPSA) is 100 Å². The monoisotopic (exact) mass is 394 g/mol. The zero-order valence-electron chi connectivity index (χ0n) is 14.3. The Balaban J connectivity index is 1.46. The highest BCUT2D eigenvalue weighted by atomic mass is 32.2. The van der Waals surface area contributed by atoms with E-state index in [1.165, 1.54) is 28.3 Å². The molecule has 3 N–H and O–H groups in total. The Morgan fingerprint density at radius 3 is 2.69 bits per heavy atom. The smallest absolute Gasteiger partial charge is 0.240 e. The summed E-state index contributed by atoms with van der Waals surface area (Å²) in [7, 11) is -3.59. The van der Waals surface area contributed by atoms with Crippen molar-refractivity contribution >= 4 is 32.4 Å². The van der Waals surface area contributed by atoms with Gasteiger partial charge >= 0.3 is 0 Å². The summed E-state index contributed by atoms with van der Waals surface area (Å²) < 4.78 is 26.6. The second-order valence-corrected chi connectivity index (χ2v) is 8.93. The summed E-state index contributed by atoms with van der Waals surface area (Å²) in [5, 5.41) is 6.64. The van der Waals surface area contributed by atoms with E-state index in [9.17, 15) is 13.2 Å². The van der Waals surface area contributed by atoms with Crippen molar-refractivity contribution in [2.24, 2.45) is 0 Å². The van der Waals surface area contributed by atoms with E-state index in [-0.39, 0.29) is 23.8 Å². The van der Waals surface area contributed by atoms with Crippen molar-refractivity contribution < 1.29 is 13.2 Å². The molecule has 0 unspecified atom stereocenters. The Labute approximate surface area is 157 Å². The maximum atomic E-state index is 12.1. The predicted molar refractivity (Wildman–Crippen MR) is 102 cm³/mol. The molecule has 1 aromatic heterocycles. The fourth-order valence-corrected chi connectivity index (χ4v) is 4.86. The molecular formula is C17H22N4O3S2. The highest BCUT2D eigenvalue weighted by Crippen LogP contribution is 2.31. The molecule has 3 rings (SSSR count). The number of nitrogens with one attached hydrogen (secondary N) is 3. The third-order valence-electron chi connectivity index (χ3n) is 4.21. The number of thiazole rings is 1. The van der Waals surface area contributed by atoms with Gasteiger partial charge in [0.25, 0.3) is 0 Å². The van der Waals surface area contributed by atoms with Crippen LogP contribution in [0.15, 0.2) is 41.4 Å². The van der Waals surface area contributed by atoms with Crippen LogP contribution in [0.5, 0.6) is 0 Å². The molecule has 0 aliphatic carbocycles. The normalized spacial score (nSPS) is 15.7. The van der Waals surface area contributed by atoms with Crippen molar-refractivity contribution in [1.29, 1.82) is 0 Å². The van der Waals surface area contributed by atoms with Gasteiger partial charge in [0.05, 0.1) is 4.90 Å². The molecule has 0 radical (unpaired) electrons. The summed E-state index contributed by atoms with van der Waals surface area (Å²) >= 11 is 1.49. The molecular weight excluding hydrogens is 372 g/mol. The number of benzene rings is 1. The zero-order valence-corrected chi connectivity index (χ0v) is 15.9. The highest BCUT2D eigenvalue weighted by Gasteiger charge is 2.18. The van der Waals surface area contributed by atoms with Crippen molar-refractivity contribution in [2.75, 3.05) is 25.0 Å². The second-order valence-electron chi connectivity index (χ2n) is 6.10. The summed E-state index contributed by atoms with van der Waals surface area (Å²) in [5.74, 6) is 0.240. The molecule has 2 heterocycles. The van der Waals surface area contributed by atoms with Crippen molar-refractivity contribution in [3.05, 3.63) is 41.4 Å². The van der Waals surface area contributed by atoms with Gasteiger partial charge in [0.15, 0.2) is 5.13 Å². The van der Waals surface area contributed by atoms with Crippen LogP contribution in [-0.4, -0.2) is 38.9 Å². The number of rotatable bonds is 7. The number of hydrogen-bond donors (Lipinski definition) is 3. The van der Waals surface area contributed by atoms with Gasteiger partial charge in [-0.2, -0.15) is 0 Å². The van der Waals surface area contributed by atoms with Crippen LogP contribution >= 0.6 is 11.3 Å². The molecule has 0 atom stereocenters. The Kier molecular flexibility index (Phi) is 6.36. The highest BCUT2D eigenvalue weighted by molar-refractivity contribution is 7.89. The predicted octanol–water partition coefficient (Wildman–Crippen LogP) is 1.92. The minimum absolute atomic E-state index is 0.0373. The van der Waals surface area contributed by atoms with Crippen LogP contribution in [0.2, 0.25) is 0 Å². The first-order chi connectivity index (χ1) is 12.5. The van der Waals surface area contributed by atoms with E-state index in [0.29, 0.717) is 11.0 Å². The fraction of sp³-hybridized carbons (Fsp3) is 0.412. The first kappa shape index (κ1) is 19.0. The standard InChI is InChI=1S/C17H22N4O3S2/c22-16(8-11-20-26(23,24)14-4-2-1-3-5-14)21-17-19-12-15(25-17)13-6-9-18-10-7-13/h1-5,12-13,18,20H,6-11H2,(H,19,21,22). The Bertz CT molecular complexity index is 831. The van der Waals surface area contributed by atoms with Gasteiger partial charge in [-0.3, -0.25) is 4.79 Å².